The SMILES string of the molecule is C#CC(C)(C)C(C=O)CCC(=O)OC. The van der Waals surface area contributed by atoms with E-state index in [0.717, 1.165) is 6.29 Å². The van der Waals surface area contributed by atoms with Crippen molar-refractivity contribution in [3.05, 3.63) is 0 Å². The number of aldehydes is 1. The number of hydrogen-bond acceptors (Lipinski definition) is 3. The molecular weight excluding hydrogens is 180 g/mol. The number of ether oxygens (including phenoxy) is 1. The van der Waals surface area contributed by atoms with Crippen molar-refractivity contribution in [1.82, 2.24) is 0 Å². The van der Waals surface area contributed by atoms with Crippen LogP contribution in [0.5, 0.6) is 0 Å². The minimum atomic E-state index is -0.504. The molecule has 3 nitrogen and oxygen atoms in total. The molecule has 0 heterocycles. The van der Waals surface area contributed by atoms with Gasteiger partial charge in [-0.05, 0) is 20.3 Å². The summed E-state index contributed by atoms with van der Waals surface area (Å²) in [6.45, 7) is 3.62. The lowest BCUT2D eigenvalue weighted by Gasteiger charge is -2.24. The topological polar surface area (TPSA) is 43.4 Å². The Bertz CT molecular complexity index is 248. The highest BCUT2D eigenvalue weighted by atomic mass is 16.5. The molecule has 0 fully saturated rings. The first-order valence-corrected chi connectivity index (χ1v) is 4.47. The van der Waals surface area contributed by atoms with Gasteiger partial charge in [0.1, 0.15) is 6.29 Å². The lowest BCUT2D eigenvalue weighted by Crippen LogP contribution is -2.24. The van der Waals surface area contributed by atoms with E-state index in [1.807, 2.05) is 13.8 Å². The Morgan fingerprint density at radius 3 is 2.57 bits per heavy atom. The van der Waals surface area contributed by atoms with Gasteiger partial charge in [0.05, 0.1) is 7.11 Å². The van der Waals surface area contributed by atoms with Gasteiger partial charge in [-0.15, -0.1) is 6.42 Å². The van der Waals surface area contributed by atoms with Crippen molar-refractivity contribution in [2.24, 2.45) is 11.3 Å². The maximum atomic E-state index is 10.9. The normalized spacial score (nSPS) is 12.7. The number of methoxy groups -OCH3 is 1. The van der Waals surface area contributed by atoms with Crippen LogP contribution in [-0.4, -0.2) is 19.4 Å². The third-order valence-corrected chi connectivity index (χ3v) is 2.35. The van der Waals surface area contributed by atoms with Gasteiger partial charge in [0.15, 0.2) is 0 Å². The third-order valence-electron chi connectivity index (χ3n) is 2.35. The van der Waals surface area contributed by atoms with E-state index in [0.29, 0.717) is 6.42 Å². The molecule has 0 aromatic rings. The minimum Gasteiger partial charge on any atom is -0.469 e. The zero-order valence-corrected chi connectivity index (χ0v) is 8.87. The first-order chi connectivity index (χ1) is 6.47. The van der Waals surface area contributed by atoms with Crippen molar-refractivity contribution in [2.45, 2.75) is 26.7 Å². The summed E-state index contributed by atoms with van der Waals surface area (Å²) in [5, 5.41) is 0. The second-order valence-electron chi connectivity index (χ2n) is 3.72. The Kier molecular flexibility index (Phi) is 4.93. The Morgan fingerprint density at radius 1 is 1.64 bits per heavy atom. The molecule has 0 amide bonds. The van der Waals surface area contributed by atoms with E-state index in [1.165, 1.54) is 7.11 Å². The average Bonchev–Trinajstić information content (AvgIpc) is 2.18. The van der Waals surface area contributed by atoms with Crippen LogP contribution in [0.2, 0.25) is 0 Å². The number of terminal acetylenes is 1. The summed E-state index contributed by atoms with van der Waals surface area (Å²) >= 11 is 0. The monoisotopic (exact) mass is 196 g/mol. The molecule has 78 valence electrons. The standard InChI is InChI=1S/C11H16O3/c1-5-11(2,3)9(8-12)6-7-10(13)14-4/h1,8-9H,6-7H2,2-4H3. The zero-order chi connectivity index (χ0) is 11.2. The van der Waals surface area contributed by atoms with Crippen LogP contribution in [0.1, 0.15) is 26.7 Å². The summed E-state index contributed by atoms with van der Waals surface area (Å²) in [5.74, 6) is 1.94. The van der Waals surface area contributed by atoms with Gasteiger partial charge in [0, 0.05) is 17.8 Å². The highest BCUT2D eigenvalue weighted by Gasteiger charge is 2.27. The first kappa shape index (κ1) is 12.7. The summed E-state index contributed by atoms with van der Waals surface area (Å²) in [4.78, 5) is 21.6. The Morgan fingerprint density at radius 2 is 2.21 bits per heavy atom. The number of carbonyl (C=O) groups is 2. The van der Waals surface area contributed by atoms with Crippen LogP contribution < -0.4 is 0 Å². The maximum absolute atomic E-state index is 10.9. The van der Waals surface area contributed by atoms with E-state index in [1.54, 1.807) is 0 Å². The van der Waals surface area contributed by atoms with Crippen LogP contribution in [0.25, 0.3) is 0 Å². The van der Waals surface area contributed by atoms with Gasteiger partial charge < -0.3 is 9.53 Å². The predicted octanol–water partition coefficient (Wildman–Crippen LogP) is 1.41. The van der Waals surface area contributed by atoms with Crippen LogP contribution in [0.3, 0.4) is 0 Å². The number of hydrogen-bond donors (Lipinski definition) is 0. The third kappa shape index (κ3) is 3.61. The second-order valence-corrected chi connectivity index (χ2v) is 3.72. The van der Waals surface area contributed by atoms with Gasteiger partial charge >= 0.3 is 5.97 Å². The Hall–Kier alpha value is -1.30. The molecule has 0 radical (unpaired) electrons. The molecule has 0 aliphatic carbocycles. The lowest BCUT2D eigenvalue weighted by molar-refractivity contribution is -0.141. The summed E-state index contributed by atoms with van der Waals surface area (Å²) in [6, 6.07) is 0. The first-order valence-electron chi connectivity index (χ1n) is 4.47. The van der Waals surface area contributed by atoms with E-state index >= 15 is 0 Å². The van der Waals surface area contributed by atoms with Crippen LogP contribution in [0, 0.1) is 23.7 Å². The zero-order valence-electron chi connectivity index (χ0n) is 8.87. The largest absolute Gasteiger partial charge is 0.469 e. The smallest absolute Gasteiger partial charge is 0.305 e. The van der Waals surface area contributed by atoms with Crippen molar-refractivity contribution in [1.29, 1.82) is 0 Å². The summed E-state index contributed by atoms with van der Waals surface area (Å²) in [5.41, 5.74) is -0.504. The minimum absolute atomic E-state index is 0.227. The van der Waals surface area contributed by atoms with E-state index in [-0.39, 0.29) is 18.3 Å². The van der Waals surface area contributed by atoms with Crippen molar-refractivity contribution < 1.29 is 14.3 Å². The van der Waals surface area contributed by atoms with Gasteiger partial charge in [-0.3, -0.25) is 4.79 Å². The molecular formula is C11H16O3. The fourth-order valence-corrected chi connectivity index (χ4v) is 1.08. The quantitative estimate of drug-likeness (QED) is 0.379. The van der Waals surface area contributed by atoms with Crippen LogP contribution in [-0.2, 0) is 14.3 Å². The fourth-order valence-electron chi connectivity index (χ4n) is 1.08. The molecule has 0 aliphatic heterocycles. The van der Waals surface area contributed by atoms with Crippen molar-refractivity contribution >= 4 is 12.3 Å². The molecule has 1 atom stereocenters. The molecule has 1 unspecified atom stereocenters. The summed E-state index contributed by atoms with van der Waals surface area (Å²) in [6.07, 6.45) is 6.77. The molecule has 14 heavy (non-hydrogen) atoms. The van der Waals surface area contributed by atoms with Gasteiger partial charge in [-0.1, -0.05) is 5.92 Å². The van der Waals surface area contributed by atoms with Crippen LogP contribution in [0.4, 0.5) is 0 Å². The molecule has 0 spiro atoms. The summed E-state index contributed by atoms with van der Waals surface area (Å²) < 4.78 is 4.48. The second kappa shape index (κ2) is 5.43. The van der Waals surface area contributed by atoms with E-state index in [9.17, 15) is 9.59 Å². The lowest BCUT2D eigenvalue weighted by atomic mass is 9.78. The number of carbonyl (C=O) groups excluding carboxylic acids is 2. The maximum Gasteiger partial charge on any atom is 0.305 e. The van der Waals surface area contributed by atoms with Crippen molar-refractivity contribution in [3.8, 4) is 12.3 Å². The van der Waals surface area contributed by atoms with Gasteiger partial charge in [0.25, 0.3) is 0 Å². The van der Waals surface area contributed by atoms with E-state index in [2.05, 4.69) is 10.7 Å². The number of rotatable bonds is 5. The molecule has 0 aliphatic rings. The molecule has 0 bridgehead atoms. The highest BCUT2D eigenvalue weighted by Crippen LogP contribution is 2.27. The molecule has 0 rings (SSSR count). The van der Waals surface area contributed by atoms with E-state index < -0.39 is 5.41 Å². The molecule has 0 saturated heterocycles. The van der Waals surface area contributed by atoms with Crippen LogP contribution in [0.15, 0.2) is 0 Å². The molecule has 0 aromatic heterocycles. The highest BCUT2D eigenvalue weighted by molar-refractivity contribution is 5.70. The average molecular weight is 196 g/mol. The van der Waals surface area contributed by atoms with Gasteiger partial charge in [-0.25, -0.2) is 0 Å². The molecule has 0 aromatic carbocycles. The van der Waals surface area contributed by atoms with Crippen molar-refractivity contribution in [3.63, 3.8) is 0 Å². The van der Waals surface area contributed by atoms with Gasteiger partial charge in [-0.2, -0.15) is 0 Å². The Labute approximate surface area is 84.8 Å². The Balaban J connectivity index is 4.25. The molecule has 0 N–H and O–H groups in total. The van der Waals surface area contributed by atoms with Crippen molar-refractivity contribution in [2.75, 3.05) is 7.11 Å². The van der Waals surface area contributed by atoms with Gasteiger partial charge in [0.2, 0.25) is 0 Å². The van der Waals surface area contributed by atoms with E-state index in [4.69, 9.17) is 6.42 Å². The molecule has 3 heteroatoms. The molecule has 0 saturated carbocycles. The summed E-state index contributed by atoms with van der Waals surface area (Å²) in [7, 11) is 1.32. The number of esters is 1. The fraction of sp³-hybridized carbons (Fsp3) is 0.636. The van der Waals surface area contributed by atoms with Crippen LogP contribution >= 0.6 is 0 Å². The predicted molar refractivity (Wildman–Crippen MR) is 53.4 cm³/mol.